The number of nitrogens with zero attached hydrogens (tertiary/aromatic N) is 2. The van der Waals surface area contributed by atoms with Crippen molar-refractivity contribution in [3.63, 3.8) is 0 Å². The molecular weight excluding hydrogens is 366 g/mol. The summed E-state index contributed by atoms with van der Waals surface area (Å²) in [4.78, 5) is 21.7. The topological polar surface area (TPSA) is 107 Å². The van der Waals surface area contributed by atoms with Crippen molar-refractivity contribution in [1.29, 1.82) is 0 Å². The largest absolute Gasteiger partial charge is 0.383 e. The SMILES string of the molecule is Cc1ccc(C(NC(=O)CSc2nc(N)cc(N)n2)c2cccs2)cc1. The third-order valence-corrected chi connectivity index (χ3v) is 5.41. The molecule has 1 unspecified atom stereocenters. The van der Waals surface area contributed by atoms with Crippen molar-refractivity contribution in [2.75, 3.05) is 17.2 Å². The van der Waals surface area contributed by atoms with Gasteiger partial charge in [-0.2, -0.15) is 0 Å². The van der Waals surface area contributed by atoms with Crippen LogP contribution in [-0.2, 0) is 4.79 Å². The first-order valence-electron chi connectivity index (χ1n) is 7.93. The van der Waals surface area contributed by atoms with Crippen LogP contribution in [0.4, 0.5) is 11.6 Å². The van der Waals surface area contributed by atoms with E-state index < -0.39 is 0 Å². The molecule has 0 bridgehead atoms. The lowest BCUT2D eigenvalue weighted by Gasteiger charge is -2.18. The first-order chi connectivity index (χ1) is 12.5. The zero-order valence-electron chi connectivity index (χ0n) is 14.2. The number of thiophene rings is 1. The minimum Gasteiger partial charge on any atom is -0.383 e. The fraction of sp³-hybridized carbons (Fsp3) is 0.167. The Balaban J connectivity index is 1.70. The average Bonchev–Trinajstić information content (AvgIpc) is 3.12. The molecule has 8 heteroatoms. The average molecular weight is 386 g/mol. The van der Waals surface area contributed by atoms with Gasteiger partial charge in [-0.3, -0.25) is 4.79 Å². The van der Waals surface area contributed by atoms with Crippen molar-refractivity contribution in [1.82, 2.24) is 15.3 Å². The number of hydrogen-bond acceptors (Lipinski definition) is 7. The second-order valence-electron chi connectivity index (χ2n) is 5.72. The number of amides is 1. The Bertz CT molecular complexity index is 861. The molecule has 3 rings (SSSR count). The van der Waals surface area contributed by atoms with Crippen LogP contribution in [0.5, 0.6) is 0 Å². The normalized spacial score (nSPS) is 11.9. The summed E-state index contributed by atoms with van der Waals surface area (Å²) < 4.78 is 0. The number of nitrogens with one attached hydrogen (secondary N) is 1. The number of carbonyl (C=O) groups excluding carboxylic acids is 1. The summed E-state index contributed by atoms with van der Waals surface area (Å²) in [5.41, 5.74) is 13.5. The first kappa shape index (κ1) is 18.2. The summed E-state index contributed by atoms with van der Waals surface area (Å²) in [5, 5.41) is 5.48. The molecule has 26 heavy (non-hydrogen) atoms. The van der Waals surface area contributed by atoms with Gasteiger partial charge in [0.05, 0.1) is 11.8 Å². The molecule has 134 valence electrons. The van der Waals surface area contributed by atoms with E-state index >= 15 is 0 Å². The highest BCUT2D eigenvalue weighted by Gasteiger charge is 2.18. The van der Waals surface area contributed by atoms with E-state index in [0.717, 1.165) is 10.4 Å². The van der Waals surface area contributed by atoms with Crippen molar-refractivity contribution in [3.05, 3.63) is 63.8 Å². The predicted octanol–water partition coefficient (Wildman–Crippen LogP) is 3.01. The van der Waals surface area contributed by atoms with Crippen molar-refractivity contribution in [2.24, 2.45) is 0 Å². The zero-order chi connectivity index (χ0) is 18.5. The van der Waals surface area contributed by atoms with Gasteiger partial charge in [-0.15, -0.1) is 11.3 Å². The maximum Gasteiger partial charge on any atom is 0.231 e. The third-order valence-electron chi connectivity index (χ3n) is 3.62. The first-order valence-corrected chi connectivity index (χ1v) is 9.80. The lowest BCUT2D eigenvalue weighted by Crippen LogP contribution is -2.30. The second-order valence-corrected chi connectivity index (χ2v) is 7.64. The van der Waals surface area contributed by atoms with Crippen molar-refractivity contribution in [2.45, 2.75) is 18.1 Å². The van der Waals surface area contributed by atoms with Gasteiger partial charge in [-0.1, -0.05) is 47.7 Å². The molecule has 2 aromatic heterocycles. The number of aromatic nitrogens is 2. The molecule has 0 radical (unpaired) electrons. The summed E-state index contributed by atoms with van der Waals surface area (Å²) in [7, 11) is 0. The van der Waals surface area contributed by atoms with Crippen LogP contribution < -0.4 is 16.8 Å². The molecular formula is C18H19N5OS2. The van der Waals surface area contributed by atoms with E-state index in [9.17, 15) is 4.79 Å². The van der Waals surface area contributed by atoms with E-state index in [1.165, 1.54) is 23.4 Å². The maximum absolute atomic E-state index is 12.5. The van der Waals surface area contributed by atoms with Crippen LogP contribution in [-0.4, -0.2) is 21.6 Å². The Morgan fingerprint density at radius 1 is 1.19 bits per heavy atom. The number of thioether (sulfide) groups is 1. The molecule has 0 aliphatic rings. The van der Waals surface area contributed by atoms with E-state index in [1.54, 1.807) is 11.3 Å². The van der Waals surface area contributed by atoms with Crippen LogP contribution in [0.1, 0.15) is 22.0 Å². The van der Waals surface area contributed by atoms with E-state index in [-0.39, 0.29) is 29.3 Å². The number of anilines is 2. The number of carbonyl (C=O) groups is 1. The van der Waals surface area contributed by atoms with Crippen LogP contribution >= 0.6 is 23.1 Å². The van der Waals surface area contributed by atoms with E-state index in [2.05, 4.69) is 15.3 Å². The fourth-order valence-electron chi connectivity index (χ4n) is 2.39. The Morgan fingerprint density at radius 3 is 2.50 bits per heavy atom. The number of nitrogens with two attached hydrogens (primary N) is 2. The van der Waals surface area contributed by atoms with Gasteiger partial charge in [0.1, 0.15) is 11.6 Å². The van der Waals surface area contributed by atoms with Gasteiger partial charge in [0.15, 0.2) is 5.16 Å². The van der Waals surface area contributed by atoms with Crippen molar-refractivity contribution >= 4 is 40.6 Å². The Hall–Kier alpha value is -2.58. The molecule has 0 saturated carbocycles. The molecule has 0 spiro atoms. The molecule has 0 aliphatic carbocycles. The Labute approximate surface area is 160 Å². The molecule has 1 atom stereocenters. The Kier molecular flexibility index (Phi) is 5.75. The summed E-state index contributed by atoms with van der Waals surface area (Å²) >= 11 is 2.81. The number of rotatable bonds is 6. The molecule has 2 heterocycles. The molecule has 6 nitrogen and oxygen atoms in total. The monoisotopic (exact) mass is 385 g/mol. The van der Waals surface area contributed by atoms with E-state index in [4.69, 9.17) is 11.5 Å². The lowest BCUT2D eigenvalue weighted by molar-refractivity contribution is -0.119. The summed E-state index contributed by atoms with van der Waals surface area (Å²) in [6.45, 7) is 2.04. The number of aryl methyl sites for hydroxylation is 1. The molecule has 0 aliphatic heterocycles. The Morgan fingerprint density at radius 2 is 1.88 bits per heavy atom. The summed E-state index contributed by atoms with van der Waals surface area (Å²) in [6, 6.07) is 13.4. The second kappa shape index (κ2) is 8.20. The zero-order valence-corrected chi connectivity index (χ0v) is 15.8. The van der Waals surface area contributed by atoms with Gasteiger partial charge in [0.25, 0.3) is 0 Å². The van der Waals surface area contributed by atoms with Crippen LogP contribution in [0.25, 0.3) is 0 Å². The molecule has 1 aromatic carbocycles. The van der Waals surface area contributed by atoms with Crippen molar-refractivity contribution in [3.8, 4) is 0 Å². The van der Waals surface area contributed by atoms with Gasteiger partial charge in [-0.05, 0) is 23.9 Å². The third kappa shape index (κ3) is 4.74. The minimum atomic E-state index is -0.185. The molecule has 3 aromatic rings. The van der Waals surface area contributed by atoms with Gasteiger partial charge < -0.3 is 16.8 Å². The van der Waals surface area contributed by atoms with Gasteiger partial charge >= 0.3 is 0 Å². The number of benzene rings is 1. The fourth-order valence-corrected chi connectivity index (χ4v) is 3.88. The van der Waals surface area contributed by atoms with Crippen LogP contribution in [0.3, 0.4) is 0 Å². The molecule has 1 amide bonds. The van der Waals surface area contributed by atoms with Crippen LogP contribution in [0, 0.1) is 6.92 Å². The molecule has 0 fully saturated rings. The highest BCUT2D eigenvalue weighted by atomic mass is 32.2. The summed E-state index contributed by atoms with van der Waals surface area (Å²) in [6.07, 6.45) is 0. The highest BCUT2D eigenvalue weighted by Crippen LogP contribution is 2.26. The number of nitrogen functional groups attached to an aromatic ring is 2. The number of hydrogen-bond donors (Lipinski definition) is 3. The standard InChI is InChI=1S/C18H19N5OS2/c1-11-4-6-12(7-5-11)17(13-3-2-8-25-13)23-16(24)10-26-18-21-14(19)9-15(20)22-18/h2-9,17H,10H2,1H3,(H,23,24)(H4,19,20,21,22). The van der Waals surface area contributed by atoms with Crippen LogP contribution in [0.15, 0.2) is 53.0 Å². The van der Waals surface area contributed by atoms with E-state index in [1.807, 2.05) is 48.7 Å². The summed E-state index contributed by atoms with van der Waals surface area (Å²) in [5.74, 6) is 0.642. The minimum absolute atomic E-state index is 0.112. The van der Waals surface area contributed by atoms with Gasteiger partial charge in [0, 0.05) is 10.9 Å². The van der Waals surface area contributed by atoms with Crippen molar-refractivity contribution < 1.29 is 4.79 Å². The van der Waals surface area contributed by atoms with Crippen LogP contribution in [0.2, 0.25) is 0 Å². The molecule has 0 saturated heterocycles. The smallest absolute Gasteiger partial charge is 0.231 e. The van der Waals surface area contributed by atoms with Gasteiger partial charge in [-0.25, -0.2) is 9.97 Å². The molecule has 5 N–H and O–H groups in total. The highest BCUT2D eigenvalue weighted by molar-refractivity contribution is 7.99. The quantitative estimate of drug-likeness (QED) is 0.445. The predicted molar refractivity (Wildman–Crippen MR) is 107 cm³/mol. The van der Waals surface area contributed by atoms with Gasteiger partial charge in [0.2, 0.25) is 5.91 Å². The van der Waals surface area contributed by atoms with E-state index in [0.29, 0.717) is 5.16 Å². The lowest BCUT2D eigenvalue weighted by atomic mass is 10.0. The maximum atomic E-state index is 12.5.